The molecule has 26 heavy (non-hydrogen) atoms. The molecule has 2 heterocycles. The van der Waals surface area contributed by atoms with Crippen LogP contribution in [0.3, 0.4) is 0 Å². The van der Waals surface area contributed by atoms with E-state index in [2.05, 4.69) is 22.0 Å². The molecule has 0 radical (unpaired) electrons. The lowest BCUT2D eigenvalue weighted by Crippen LogP contribution is -2.47. The number of benzene rings is 1. The van der Waals surface area contributed by atoms with Crippen molar-refractivity contribution >= 4 is 17.6 Å². The van der Waals surface area contributed by atoms with E-state index in [0.29, 0.717) is 23.7 Å². The number of ether oxygens (including phenoxy) is 1. The summed E-state index contributed by atoms with van der Waals surface area (Å²) in [5.74, 6) is 0.118. The van der Waals surface area contributed by atoms with Crippen molar-refractivity contribution in [1.29, 1.82) is 0 Å². The van der Waals surface area contributed by atoms with Gasteiger partial charge in [-0.1, -0.05) is 28.9 Å². The van der Waals surface area contributed by atoms with Crippen LogP contribution in [0.4, 0.5) is 0 Å². The highest BCUT2D eigenvalue weighted by atomic mass is 35.5. The highest BCUT2D eigenvalue weighted by molar-refractivity contribution is 6.33. The van der Waals surface area contributed by atoms with Gasteiger partial charge < -0.3 is 14.2 Å². The number of nitrogens with zero attached hydrogens (tertiary/aromatic N) is 3. The summed E-state index contributed by atoms with van der Waals surface area (Å²) in [5.41, 5.74) is 1.52. The number of rotatable bonds is 6. The molecule has 0 aliphatic carbocycles. The number of methoxy groups -OCH3 is 1. The zero-order chi connectivity index (χ0) is 18.5. The SMILES string of the molecule is COC(=O)C(Cc1cc(-c2ccccc2Cl)on1)CN1CCN(C)CC1. The van der Waals surface area contributed by atoms with Crippen LogP contribution in [0, 0.1) is 5.92 Å². The standard InChI is InChI=1S/C19H24ClN3O3/c1-22-7-9-23(10-8-22)13-14(19(24)25-2)11-15-12-18(26-21-15)16-5-3-4-6-17(16)20/h3-6,12,14H,7-11,13H2,1-2H3. The molecule has 0 saturated carbocycles. The fourth-order valence-corrected chi connectivity index (χ4v) is 3.41. The Balaban J connectivity index is 1.69. The fraction of sp³-hybridized carbons (Fsp3) is 0.474. The van der Waals surface area contributed by atoms with Gasteiger partial charge in [0.2, 0.25) is 0 Å². The monoisotopic (exact) mass is 377 g/mol. The summed E-state index contributed by atoms with van der Waals surface area (Å²) in [5, 5.41) is 4.74. The third-order valence-electron chi connectivity index (χ3n) is 4.76. The maximum Gasteiger partial charge on any atom is 0.310 e. The molecule has 2 aromatic rings. The summed E-state index contributed by atoms with van der Waals surface area (Å²) in [7, 11) is 3.54. The molecule has 6 nitrogen and oxygen atoms in total. The van der Waals surface area contributed by atoms with E-state index in [9.17, 15) is 4.79 Å². The van der Waals surface area contributed by atoms with Crippen molar-refractivity contribution in [2.24, 2.45) is 5.92 Å². The molecule has 1 aromatic heterocycles. The van der Waals surface area contributed by atoms with Gasteiger partial charge in [-0.2, -0.15) is 0 Å². The van der Waals surface area contributed by atoms with Gasteiger partial charge in [0, 0.05) is 50.8 Å². The van der Waals surface area contributed by atoms with Crippen LogP contribution in [-0.2, 0) is 16.0 Å². The third-order valence-corrected chi connectivity index (χ3v) is 5.09. The number of aromatic nitrogens is 1. The van der Waals surface area contributed by atoms with Gasteiger partial charge in [0.05, 0.1) is 23.7 Å². The summed E-state index contributed by atoms with van der Waals surface area (Å²) < 4.78 is 10.4. The van der Waals surface area contributed by atoms with Gasteiger partial charge in [0.1, 0.15) is 0 Å². The predicted molar refractivity (Wildman–Crippen MR) is 100 cm³/mol. The molecule has 0 bridgehead atoms. The predicted octanol–water partition coefficient (Wildman–Crippen LogP) is 2.57. The minimum Gasteiger partial charge on any atom is -0.469 e. The summed E-state index contributed by atoms with van der Waals surface area (Å²) in [6.07, 6.45) is 0.479. The van der Waals surface area contributed by atoms with Gasteiger partial charge in [0.15, 0.2) is 5.76 Å². The van der Waals surface area contributed by atoms with E-state index in [1.807, 2.05) is 30.3 Å². The van der Waals surface area contributed by atoms with E-state index in [4.69, 9.17) is 20.9 Å². The molecule has 1 saturated heterocycles. The Hall–Kier alpha value is -1.89. The molecule has 1 atom stereocenters. The molecule has 1 aliphatic rings. The first-order valence-electron chi connectivity index (χ1n) is 8.76. The Kier molecular flexibility index (Phi) is 6.29. The van der Waals surface area contributed by atoms with Crippen molar-refractivity contribution in [3.05, 3.63) is 41.0 Å². The lowest BCUT2D eigenvalue weighted by Gasteiger charge is -2.33. The van der Waals surface area contributed by atoms with Crippen LogP contribution < -0.4 is 0 Å². The quantitative estimate of drug-likeness (QED) is 0.721. The Labute approximate surface area is 158 Å². The van der Waals surface area contributed by atoms with Gasteiger partial charge in [0.25, 0.3) is 0 Å². The zero-order valence-electron chi connectivity index (χ0n) is 15.2. The maximum absolute atomic E-state index is 12.2. The second kappa shape index (κ2) is 8.66. The molecular weight excluding hydrogens is 354 g/mol. The maximum atomic E-state index is 12.2. The molecule has 140 valence electrons. The normalized spacial score (nSPS) is 17.2. The molecule has 0 amide bonds. The molecule has 1 aromatic carbocycles. The molecule has 1 unspecified atom stereocenters. The van der Waals surface area contributed by atoms with Crippen LogP contribution in [0.2, 0.25) is 5.02 Å². The lowest BCUT2D eigenvalue weighted by atomic mass is 10.0. The van der Waals surface area contributed by atoms with Crippen LogP contribution in [0.5, 0.6) is 0 Å². The Bertz CT molecular complexity index is 741. The fourth-order valence-electron chi connectivity index (χ4n) is 3.18. The third kappa shape index (κ3) is 4.63. The van der Waals surface area contributed by atoms with E-state index >= 15 is 0 Å². The first-order chi connectivity index (χ1) is 12.6. The smallest absolute Gasteiger partial charge is 0.310 e. The van der Waals surface area contributed by atoms with E-state index in [-0.39, 0.29) is 11.9 Å². The first-order valence-corrected chi connectivity index (χ1v) is 9.14. The summed E-state index contributed by atoms with van der Waals surface area (Å²) in [6.45, 7) is 4.58. The molecule has 0 N–H and O–H groups in total. The summed E-state index contributed by atoms with van der Waals surface area (Å²) in [4.78, 5) is 16.8. The average molecular weight is 378 g/mol. The number of esters is 1. The first kappa shape index (κ1) is 18.9. The average Bonchev–Trinajstić information content (AvgIpc) is 3.11. The highest BCUT2D eigenvalue weighted by Crippen LogP contribution is 2.28. The number of carbonyl (C=O) groups excluding carboxylic acids is 1. The molecule has 3 rings (SSSR count). The van der Waals surface area contributed by atoms with Crippen molar-refractivity contribution in [1.82, 2.24) is 15.0 Å². The number of halogens is 1. The van der Waals surface area contributed by atoms with Crippen LogP contribution >= 0.6 is 11.6 Å². The van der Waals surface area contributed by atoms with Crippen LogP contribution in [-0.4, -0.2) is 67.8 Å². The van der Waals surface area contributed by atoms with Crippen molar-refractivity contribution in [3.8, 4) is 11.3 Å². The van der Waals surface area contributed by atoms with E-state index in [1.165, 1.54) is 7.11 Å². The minimum absolute atomic E-state index is 0.216. The number of hydrogen-bond donors (Lipinski definition) is 0. The van der Waals surface area contributed by atoms with Gasteiger partial charge in [-0.25, -0.2) is 0 Å². The van der Waals surface area contributed by atoms with Gasteiger partial charge in [-0.15, -0.1) is 0 Å². The second-order valence-electron chi connectivity index (χ2n) is 6.69. The van der Waals surface area contributed by atoms with Gasteiger partial charge in [-0.3, -0.25) is 9.69 Å². The molecule has 7 heteroatoms. The van der Waals surface area contributed by atoms with Crippen molar-refractivity contribution < 1.29 is 14.1 Å². The number of likely N-dealkylation sites (N-methyl/N-ethyl adjacent to an activating group) is 1. The van der Waals surface area contributed by atoms with Crippen molar-refractivity contribution in [2.45, 2.75) is 6.42 Å². The number of carbonyl (C=O) groups is 1. The van der Waals surface area contributed by atoms with Gasteiger partial charge in [-0.05, 0) is 19.2 Å². The van der Waals surface area contributed by atoms with Crippen LogP contribution in [0.15, 0.2) is 34.9 Å². The lowest BCUT2D eigenvalue weighted by molar-refractivity contribution is -0.146. The largest absolute Gasteiger partial charge is 0.469 e. The van der Waals surface area contributed by atoms with Crippen molar-refractivity contribution in [3.63, 3.8) is 0 Å². The second-order valence-corrected chi connectivity index (χ2v) is 7.10. The number of piperazine rings is 1. The van der Waals surface area contributed by atoms with Crippen LogP contribution in [0.1, 0.15) is 5.69 Å². The summed E-state index contributed by atoms with van der Waals surface area (Å²) >= 11 is 6.21. The zero-order valence-corrected chi connectivity index (χ0v) is 15.9. The highest BCUT2D eigenvalue weighted by Gasteiger charge is 2.26. The Morgan fingerprint density at radius 2 is 2.04 bits per heavy atom. The van der Waals surface area contributed by atoms with Crippen molar-refractivity contribution in [2.75, 3.05) is 46.9 Å². The van der Waals surface area contributed by atoms with E-state index in [0.717, 1.165) is 37.4 Å². The van der Waals surface area contributed by atoms with E-state index in [1.54, 1.807) is 0 Å². The van der Waals surface area contributed by atoms with Gasteiger partial charge >= 0.3 is 5.97 Å². The molecule has 1 aliphatic heterocycles. The molecule has 1 fully saturated rings. The van der Waals surface area contributed by atoms with E-state index < -0.39 is 0 Å². The molecule has 0 spiro atoms. The van der Waals surface area contributed by atoms with Crippen LogP contribution in [0.25, 0.3) is 11.3 Å². The number of hydrogen-bond acceptors (Lipinski definition) is 6. The Morgan fingerprint density at radius 3 is 2.73 bits per heavy atom. The topological polar surface area (TPSA) is 58.8 Å². The molecular formula is C19H24ClN3O3. The minimum atomic E-state index is -0.271. The summed E-state index contributed by atoms with van der Waals surface area (Å²) in [6, 6.07) is 9.31. The Morgan fingerprint density at radius 1 is 1.31 bits per heavy atom.